The molecule has 1 N–H and O–H groups in total. The van der Waals surface area contributed by atoms with Crippen molar-refractivity contribution in [3.63, 3.8) is 0 Å². The van der Waals surface area contributed by atoms with Crippen molar-refractivity contribution in [3.8, 4) is 5.00 Å². The van der Waals surface area contributed by atoms with Crippen LogP contribution in [0.15, 0.2) is 71.3 Å². The van der Waals surface area contributed by atoms with Gasteiger partial charge >= 0.3 is 6.03 Å². The van der Waals surface area contributed by atoms with E-state index in [0.717, 1.165) is 34.3 Å². The summed E-state index contributed by atoms with van der Waals surface area (Å²) in [4.78, 5) is 17.2. The molecule has 7 heteroatoms. The molecule has 4 aromatic rings. The van der Waals surface area contributed by atoms with Crippen molar-refractivity contribution in [3.05, 3.63) is 104 Å². The molecule has 1 atom stereocenters. The highest BCUT2D eigenvalue weighted by molar-refractivity contribution is 9.10. The van der Waals surface area contributed by atoms with Crippen LogP contribution in [0.25, 0.3) is 5.00 Å². The fraction of sp³-hybridized carbons (Fsp3) is 0.222. The van der Waals surface area contributed by atoms with Crippen molar-refractivity contribution >= 4 is 39.0 Å². The monoisotopic (exact) mass is 535 g/mol. The fourth-order valence-corrected chi connectivity index (χ4v) is 6.92. The van der Waals surface area contributed by atoms with Crippen LogP contribution in [0.4, 0.5) is 14.9 Å². The Balaban J connectivity index is 1.51. The Kier molecular flexibility index (Phi) is 5.54. The number of fused-ring (bicyclic) bond motifs is 5. The minimum absolute atomic E-state index is 0.183. The minimum atomic E-state index is -0.350. The first-order valence-electron chi connectivity index (χ1n) is 11.5. The number of hydrogen-bond donors (Lipinski definition) is 1. The molecule has 2 aromatic carbocycles. The maximum Gasteiger partial charge on any atom is 0.323 e. The summed E-state index contributed by atoms with van der Waals surface area (Å²) in [5.74, 6) is -0.287. The van der Waals surface area contributed by atoms with Crippen LogP contribution in [0.2, 0.25) is 0 Å². The number of thiophene rings is 1. The smallest absolute Gasteiger partial charge is 0.310 e. The molecular formula is C27H23BrFN3OS. The standard InChI is InChI=1S/C27H23BrFN3OS/c28-21-7-2-3-8-22(21)30-27(33)32-16-20-19-6-1-4-10-24(19)34-26(20)31-15-5-9-23(31)25(32)17-11-13-18(29)14-12-17/h2-3,5,7-9,11-15,25H,1,4,6,10,16H2,(H,30,33). The summed E-state index contributed by atoms with van der Waals surface area (Å²) in [7, 11) is 0. The zero-order valence-corrected chi connectivity index (χ0v) is 20.8. The van der Waals surface area contributed by atoms with Gasteiger partial charge in [0.05, 0.1) is 24.0 Å². The Bertz CT molecular complexity index is 1380. The Hall–Kier alpha value is -2.90. The van der Waals surface area contributed by atoms with Crippen LogP contribution >= 0.6 is 27.3 Å². The largest absolute Gasteiger partial charge is 0.323 e. The topological polar surface area (TPSA) is 37.3 Å². The average Bonchev–Trinajstić information content (AvgIpc) is 3.43. The van der Waals surface area contributed by atoms with E-state index in [4.69, 9.17) is 0 Å². The number of halogens is 2. The molecule has 1 aliphatic carbocycles. The number of nitrogens with one attached hydrogen (secondary N) is 1. The van der Waals surface area contributed by atoms with Gasteiger partial charge in [-0.3, -0.25) is 0 Å². The van der Waals surface area contributed by atoms with Crippen molar-refractivity contribution in [2.75, 3.05) is 5.32 Å². The number of amides is 2. The number of para-hydroxylation sites is 1. The number of carbonyl (C=O) groups is 1. The van der Waals surface area contributed by atoms with Gasteiger partial charge in [-0.2, -0.15) is 0 Å². The minimum Gasteiger partial charge on any atom is -0.310 e. The normalized spacial score (nSPS) is 16.9. The molecule has 0 saturated heterocycles. The molecule has 1 aliphatic heterocycles. The molecule has 172 valence electrons. The second-order valence-corrected chi connectivity index (χ2v) is 10.7. The van der Waals surface area contributed by atoms with E-state index in [-0.39, 0.29) is 17.9 Å². The van der Waals surface area contributed by atoms with Gasteiger partial charge in [0.2, 0.25) is 0 Å². The molecule has 0 bridgehead atoms. The van der Waals surface area contributed by atoms with Crippen molar-refractivity contribution in [2.24, 2.45) is 0 Å². The van der Waals surface area contributed by atoms with E-state index in [0.29, 0.717) is 6.54 Å². The maximum atomic E-state index is 13.9. The Morgan fingerprint density at radius 1 is 1.00 bits per heavy atom. The SMILES string of the molecule is O=C(Nc1ccccc1Br)N1Cc2c(sc3c2CCCC3)-n2cccc2C1c1ccc(F)cc1. The first kappa shape index (κ1) is 21.6. The Morgan fingerprint density at radius 2 is 1.79 bits per heavy atom. The summed E-state index contributed by atoms with van der Waals surface area (Å²) in [5, 5.41) is 4.31. The van der Waals surface area contributed by atoms with Gasteiger partial charge in [-0.15, -0.1) is 11.3 Å². The second kappa shape index (κ2) is 8.71. The van der Waals surface area contributed by atoms with Crippen molar-refractivity contribution in [2.45, 2.75) is 38.3 Å². The average molecular weight is 536 g/mol. The van der Waals surface area contributed by atoms with Gasteiger partial charge in [0.1, 0.15) is 10.8 Å². The number of rotatable bonds is 2. The highest BCUT2D eigenvalue weighted by Crippen LogP contribution is 2.44. The number of aromatic nitrogens is 1. The summed E-state index contributed by atoms with van der Waals surface area (Å²) in [6, 6.07) is 17.7. The van der Waals surface area contributed by atoms with E-state index >= 15 is 0 Å². The highest BCUT2D eigenvalue weighted by Gasteiger charge is 2.36. The molecule has 3 heterocycles. The number of urea groups is 1. The summed E-state index contributed by atoms with van der Waals surface area (Å²) >= 11 is 5.40. The van der Waals surface area contributed by atoms with Crippen LogP contribution in [0.3, 0.4) is 0 Å². The van der Waals surface area contributed by atoms with Crippen LogP contribution in [0.5, 0.6) is 0 Å². The van der Waals surface area contributed by atoms with Gasteiger partial charge in [0.25, 0.3) is 0 Å². The lowest BCUT2D eigenvalue weighted by Crippen LogP contribution is -2.38. The lowest BCUT2D eigenvalue weighted by molar-refractivity contribution is 0.194. The van der Waals surface area contributed by atoms with Gasteiger partial charge in [-0.1, -0.05) is 24.3 Å². The summed E-state index contributed by atoms with van der Waals surface area (Å²) in [5.41, 5.74) is 5.25. The van der Waals surface area contributed by atoms with E-state index < -0.39 is 0 Å². The Morgan fingerprint density at radius 3 is 2.62 bits per heavy atom. The highest BCUT2D eigenvalue weighted by atomic mass is 79.9. The lowest BCUT2D eigenvalue weighted by Gasteiger charge is -2.31. The molecule has 1 unspecified atom stereocenters. The van der Waals surface area contributed by atoms with Crippen molar-refractivity contribution in [1.82, 2.24) is 9.47 Å². The molecular weight excluding hydrogens is 513 g/mol. The molecule has 2 aromatic heterocycles. The first-order chi connectivity index (χ1) is 16.6. The van der Waals surface area contributed by atoms with Crippen molar-refractivity contribution in [1.29, 1.82) is 0 Å². The van der Waals surface area contributed by atoms with Gasteiger partial charge in [-0.05, 0) is 89.1 Å². The summed E-state index contributed by atoms with van der Waals surface area (Å²) < 4.78 is 16.9. The van der Waals surface area contributed by atoms with Gasteiger partial charge in [0.15, 0.2) is 0 Å². The predicted octanol–water partition coefficient (Wildman–Crippen LogP) is 7.46. The van der Waals surface area contributed by atoms with E-state index in [1.807, 2.05) is 46.6 Å². The first-order valence-corrected chi connectivity index (χ1v) is 13.1. The fourth-order valence-electron chi connectivity index (χ4n) is 5.13. The van der Waals surface area contributed by atoms with Crippen LogP contribution in [-0.4, -0.2) is 15.5 Å². The molecule has 2 amide bonds. The van der Waals surface area contributed by atoms with Crippen LogP contribution in [0.1, 0.15) is 46.1 Å². The van der Waals surface area contributed by atoms with Crippen LogP contribution in [-0.2, 0) is 19.4 Å². The van der Waals surface area contributed by atoms with E-state index in [1.165, 1.54) is 46.0 Å². The van der Waals surface area contributed by atoms with Gasteiger partial charge in [-0.25, -0.2) is 9.18 Å². The maximum absolute atomic E-state index is 13.9. The van der Waals surface area contributed by atoms with E-state index in [9.17, 15) is 9.18 Å². The molecule has 0 spiro atoms. The van der Waals surface area contributed by atoms with Gasteiger partial charge < -0.3 is 14.8 Å². The zero-order chi connectivity index (χ0) is 23.2. The number of anilines is 1. The van der Waals surface area contributed by atoms with E-state index in [1.54, 1.807) is 12.1 Å². The molecule has 6 rings (SSSR count). The third kappa shape index (κ3) is 3.67. The van der Waals surface area contributed by atoms with Crippen molar-refractivity contribution < 1.29 is 9.18 Å². The predicted molar refractivity (Wildman–Crippen MR) is 137 cm³/mol. The third-order valence-corrected chi connectivity index (χ3v) is 8.77. The molecule has 0 saturated carbocycles. The Labute approximate surface area is 210 Å². The molecule has 0 fully saturated rings. The van der Waals surface area contributed by atoms with Gasteiger partial charge in [0, 0.05) is 21.1 Å². The zero-order valence-electron chi connectivity index (χ0n) is 18.4. The molecule has 34 heavy (non-hydrogen) atoms. The summed E-state index contributed by atoms with van der Waals surface area (Å²) in [6.07, 6.45) is 6.64. The number of aryl methyl sites for hydroxylation is 1. The third-order valence-electron chi connectivity index (χ3n) is 6.74. The van der Waals surface area contributed by atoms with Crippen LogP contribution < -0.4 is 5.32 Å². The number of benzene rings is 2. The number of hydrogen-bond acceptors (Lipinski definition) is 2. The van der Waals surface area contributed by atoms with E-state index in [2.05, 4.69) is 38.1 Å². The quantitative estimate of drug-likeness (QED) is 0.284. The summed E-state index contributed by atoms with van der Waals surface area (Å²) in [6.45, 7) is 0.501. The second-order valence-electron chi connectivity index (χ2n) is 8.79. The van der Waals surface area contributed by atoms with Crippen LogP contribution in [0, 0.1) is 5.82 Å². The lowest BCUT2D eigenvalue weighted by atomic mass is 9.95. The number of nitrogens with zero attached hydrogens (tertiary/aromatic N) is 2. The molecule has 0 radical (unpaired) electrons. The molecule has 4 nitrogen and oxygen atoms in total. The number of carbonyl (C=O) groups excluding carboxylic acids is 1. The molecule has 2 aliphatic rings.